The molecule has 2 nitrogen and oxygen atoms in total. The highest BCUT2D eigenvalue weighted by molar-refractivity contribution is 5.06. The van der Waals surface area contributed by atoms with Crippen LogP contribution in [0.2, 0.25) is 0 Å². The van der Waals surface area contributed by atoms with Crippen LogP contribution in [0.15, 0.2) is 12.2 Å². The molecule has 0 bridgehead atoms. The quantitative estimate of drug-likeness (QED) is 0.739. The standard InChI is InChI=1S/C15H26N2/c1-12-10-16-15(2,13-8-9-13)11-17(12)14-6-4-3-5-7-14/h3-4,12-14,16H,5-11H2,1-2H3. The Morgan fingerprint density at radius 3 is 2.71 bits per heavy atom. The van der Waals surface area contributed by atoms with E-state index in [1.165, 1.54) is 45.2 Å². The van der Waals surface area contributed by atoms with Gasteiger partial charge >= 0.3 is 0 Å². The van der Waals surface area contributed by atoms with E-state index in [1.807, 2.05) is 0 Å². The maximum absolute atomic E-state index is 3.82. The van der Waals surface area contributed by atoms with Gasteiger partial charge in [0.1, 0.15) is 0 Å². The van der Waals surface area contributed by atoms with Crippen LogP contribution in [0, 0.1) is 5.92 Å². The molecule has 2 aliphatic carbocycles. The Kier molecular flexibility index (Phi) is 3.04. The average Bonchev–Trinajstić information content (AvgIpc) is 3.18. The van der Waals surface area contributed by atoms with Gasteiger partial charge in [0.2, 0.25) is 0 Å². The van der Waals surface area contributed by atoms with E-state index in [-0.39, 0.29) is 0 Å². The van der Waals surface area contributed by atoms with Crippen molar-refractivity contribution in [2.75, 3.05) is 13.1 Å². The summed E-state index contributed by atoms with van der Waals surface area (Å²) in [6.07, 6.45) is 11.5. The molecule has 0 amide bonds. The zero-order valence-corrected chi connectivity index (χ0v) is 11.3. The van der Waals surface area contributed by atoms with Crippen LogP contribution in [-0.2, 0) is 0 Å². The topological polar surface area (TPSA) is 15.3 Å². The van der Waals surface area contributed by atoms with Gasteiger partial charge < -0.3 is 5.32 Å². The van der Waals surface area contributed by atoms with Crippen molar-refractivity contribution in [2.24, 2.45) is 5.92 Å². The summed E-state index contributed by atoms with van der Waals surface area (Å²) in [5.74, 6) is 0.941. The normalized spacial score (nSPS) is 43.9. The number of hydrogen-bond donors (Lipinski definition) is 1. The Balaban J connectivity index is 1.70. The first-order valence-electron chi connectivity index (χ1n) is 7.35. The van der Waals surface area contributed by atoms with Crippen LogP contribution in [0.3, 0.4) is 0 Å². The van der Waals surface area contributed by atoms with Gasteiger partial charge in [0, 0.05) is 30.7 Å². The first-order chi connectivity index (χ1) is 8.19. The van der Waals surface area contributed by atoms with E-state index >= 15 is 0 Å². The predicted octanol–water partition coefficient (Wildman–Crippen LogP) is 2.56. The molecule has 1 aliphatic heterocycles. The van der Waals surface area contributed by atoms with Gasteiger partial charge in [-0.05, 0) is 51.9 Å². The molecule has 3 aliphatic rings. The fourth-order valence-corrected chi connectivity index (χ4v) is 3.65. The minimum absolute atomic E-state index is 0.396. The van der Waals surface area contributed by atoms with Crippen molar-refractivity contribution in [3.63, 3.8) is 0 Å². The fraction of sp³-hybridized carbons (Fsp3) is 0.867. The predicted molar refractivity (Wildman–Crippen MR) is 72.1 cm³/mol. The van der Waals surface area contributed by atoms with E-state index in [9.17, 15) is 0 Å². The Bertz CT molecular complexity index is 308. The molecular weight excluding hydrogens is 208 g/mol. The molecule has 1 heterocycles. The molecule has 0 radical (unpaired) electrons. The van der Waals surface area contributed by atoms with Gasteiger partial charge in [-0.15, -0.1) is 0 Å². The Hall–Kier alpha value is -0.340. The Morgan fingerprint density at radius 1 is 1.24 bits per heavy atom. The average molecular weight is 234 g/mol. The minimum Gasteiger partial charge on any atom is -0.308 e. The second-order valence-electron chi connectivity index (χ2n) is 6.53. The summed E-state index contributed by atoms with van der Waals surface area (Å²) in [5, 5.41) is 3.82. The van der Waals surface area contributed by atoms with Gasteiger partial charge in [-0.2, -0.15) is 0 Å². The molecule has 0 aromatic rings. The minimum atomic E-state index is 0.396. The SMILES string of the molecule is CC1CNC(C)(C2CC2)CN1C1CC=CCC1. The Morgan fingerprint density at radius 2 is 2.06 bits per heavy atom. The third kappa shape index (κ3) is 2.30. The summed E-state index contributed by atoms with van der Waals surface area (Å²) in [6, 6.07) is 1.51. The molecule has 0 aromatic carbocycles. The monoisotopic (exact) mass is 234 g/mol. The molecule has 2 heteroatoms. The molecule has 0 spiro atoms. The third-order valence-corrected chi connectivity index (χ3v) is 5.07. The van der Waals surface area contributed by atoms with Crippen LogP contribution in [-0.4, -0.2) is 35.6 Å². The van der Waals surface area contributed by atoms with E-state index in [0.717, 1.165) is 12.0 Å². The smallest absolute Gasteiger partial charge is 0.0309 e. The van der Waals surface area contributed by atoms with Gasteiger partial charge in [0.25, 0.3) is 0 Å². The van der Waals surface area contributed by atoms with Crippen LogP contribution in [0.4, 0.5) is 0 Å². The van der Waals surface area contributed by atoms with E-state index in [4.69, 9.17) is 0 Å². The molecule has 1 saturated carbocycles. The van der Waals surface area contributed by atoms with E-state index in [1.54, 1.807) is 0 Å². The number of nitrogens with one attached hydrogen (secondary N) is 1. The summed E-state index contributed by atoms with van der Waals surface area (Å²) in [6.45, 7) is 7.27. The zero-order valence-electron chi connectivity index (χ0n) is 11.3. The molecular formula is C15H26N2. The lowest BCUT2D eigenvalue weighted by molar-refractivity contribution is 0.0425. The summed E-state index contributed by atoms with van der Waals surface area (Å²) >= 11 is 0. The van der Waals surface area contributed by atoms with Gasteiger partial charge in [-0.25, -0.2) is 0 Å². The lowest BCUT2D eigenvalue weighted by Gasteiger charge is -2.49. The van der Waals surface area contributed by atoms with Crippen molar-refractivity contribution in [3.8, 4) is 0 Å². The van der Waals surface area contributed by atoms with Crippen molar-refractivity contribution >= 4 is 0 Å². The summed E-state index contributed by atoms with van der Waals surface area (Å²) < 4.78 is 0. The third-order valence-electron chi connectivity index (χ3n) is 5.07. The number of allylic oxidation sites excluding steroid dienone is 1. The van der Waals surface area contributed by atoms with Crippen molar-refractivity contribution in [1.82, 2.24) is 10.2 Å². The maximum Gasteiger partial charge on any atom is 0.0309 e. The highest BCUT2D eigenvalue weighted by Gasteiger charge is 2.46. The molecule has 3 unspecified atom stereocenters. The summed E-state index contributed by atoms with van der Waals surface area (Å²) in [4.78, 5) is 2.79. The zero-order chi connectivity index (χ0) is 11.9. The molecule has 17 heavy (non-hydrogen) atoms. The molecule has 96 valence electrons. The van der Waals surface area contributed by atoms with Crippen molar-refractivity contribution in [2.45, 2.75) is 63.6 Å². The maximum atomic E-state index is 3.82. The second-order valence-corrected chi connectivity index (χ2v) is 6.53. The first-order valence-corrected chi connectivity index (χ1v) is 7.35. The van der Waals surface area contributed by atoms with E-state index < -0.39 is 0 Å². The van der Waals surface area contributed by atoms with Crippen molar-refractivity contribution < 1.29 is 0 Å². The largest absolute Gasteiger partial charge is 0.308 e. The van der Waals surface area contributed by atoms with Crippen LogP contribution < -0.4 is 5.32 Å². The molecule has 0 aromatic heterocycles. The lowest BCUT2D eigenvalue weighted by atomic mass is 9.88. The molecule has 2 fully saturated rings. The summed E-state index contributed by atoms with van der Waals surface area (Å²) in [7, 11) is 0. The van der Waals surface area contributed by atoms with Crippen molar-refractivity contribution in [1.29, 1.82) is 0 Å². The fourth-order valence-electron chi connectivity index (χ4n) is 3.65. The number of rotatable bonds is 2. The van der Waals surface area contributed by atoms with Gasteiger partial charge in [0.05, 0.1) is 0 Å². The molecule has 1 saturated heterocycles. The number of piperazine rings is 1. The van der Waals surface area contributed by atoms with E-state index in [0.29, 0.717) is 11.6 Å². The van der Waals surface area contributed by atoms with Crippen LogP contribution >= 0.6 is 0 Å². The highest BCUT2D eigenvalue weighted by Crippen LogP contribution is 2.42. The van der Waals surface area contributed by atoms with Crippen LogP contribution in [0.25, 0.3) is 0 Å². The second kappa shape index (κ2) is 4.40. The van der Waals surface area contributed by atoms with Gasteiger partial charge in [0.15, 0.2) is 0 Å². The Labute approximate surface area is 105 Å². The van der Waals surface area contributed by atoms with Crippen LogP contribution in [0.1, 0.15) is 46.0 Å². The molecule has 3 atom stereocenters. The van der Waals surface area contributed by atoms with E-state index in [2.05, 4.69) is 36.2 Å². The molecule has 1 N–H and O–H groups in total. The lowest BCUT2D eigenvalue weighted by Crippen LogP contribution is -2.65. The van der Waals surface area contributed by atoms with Gasteiger partial charge in [-0.3, -0.25) is 4.90 Å². The van der Waals surface area contributed by atoms with Gasteiger partial charge in [-0.1, -0.05) is 12.2 Å². The summed E-state index contributed by atoms with van der Waals surface area (Å²) in [5.41, 5.74) is 0.396. The first kappa shape index (κ1) is 11.7. The highest BCUT2D eigenvalue weighted by atomic mass is 15.3. The number of nitrogens with zero attached hydrogens (tertiary/aromatic N) is 1. The van der Waals surface area contributed by atoms with Crippen LogP contribution in [0.5, 0.6) is 0 Å². The van der Waals surface area contributed by atoms with Crippen molar-refractivity contribution in [3.05, 3.63) is 12.2 Å². The molecule has 3 rings (SSSR count). The number of hydrogen-bond acceptors (Lipinski definition) is 2.